The summed E-state index contributed by atoms with van der Waals surface area (Å²) in [5, 5.41) is 0. The van der Waals surface area contributed by atoms with Crippen LogP contribution in [0.15, 0.2) is 12.4 Å². The van der Waals surface area contributed by atoms with Gasteiger partial charge < -0.3 is 20.1 Å². The fourth-order valence-electron chi connectivity index (χ4n) is 4.07. The Bertz CT molecular complexity index is 687. The maximum absolute atomic E-state index is 12.6. The number of imidazole rings is 1. The molecule has 0 radical (unpaired) electrons. The number of nitrogens with zero attached hydrogens (tertiary/aromatic N) is 4. The quantitative estimate of drug-likeness (QED) is 0.764. The first-order chi connectivity index (χ1) is 13.0. The second-order valence-corrected chi connectivity index (χ2v) is 7.50. The van der Waals surface area contributed by atoms with Crippen molar-refractivity contribution in [3.05, 3.63) is 18.2 Å². The minimum Gasteiger partial charge on any atom is -0.368 e. The summed E-state index contributed by atoms with van der Waals surface area (Å²) in [6.07, 6.45) is 9.16. The molecule has 2 saturated heterocycles. The van der Waals surface area contributed by atoms with Crippen LogP contribution in [0.3, 0.4) is 0 Å². The number of carbonyl (C=O) groups excluding carboxylic acids is 3. The lowest BCUT2D eigenvalue weighted by molar-refractivity contribution is -0.135. The average Bonchev–Trinajstić information content (AvgIpc) is 3.10. The van der Waals surface area contributed by atoms with Gasteiger partial charge in [-0.1, -0.05) is 0 Å². The zero-order chi connectivity index (χ0) is 19.2. The third kappa shape index (κ3) is 5.08. The first-order valence-corrected chi connectivity index (χ1v) is 9.89. The molecule has 8 nitrogen and oxygen atoms in total. The van der Waals surface area contributed by atoms with Crippen molar-refractivity contribution >= 4 is 17.7 Å². The van der Waals surface area contributed by atoms with E-state index in [4.69, 9.17) is 5.73 Å². The van der Waals surface area contributed by atoms with Crippen LogP contribution in [0.5, 0.6) is 0 Å². The highest BCUT2D eigenvalue weighted by atomic mass is 16.2. The summed E-state index contributed by atoms with van der Waals surface area (Å²) in [7, 11) is 0. The Morgan fingerprint density at radius 3 is 2.85 bits per heavy atom. The largest absolute Gasteiger partial charge is 0.368 e. The van der Waals surface area contributed by atoms with E-state index in [0.29, 0.717) is 32.4 Å². The van der Waals surface area contributed by atoms with Crippen molar-refractivity contribution in [2.45, 2.75) is 57.4 Å². The highest BCUT2D eigenvalue weighted by molar-refractivity contribution is 5.78. The van der Waals surface area contributed by atoms with Crippen LogP contribution < -0.4 is 5.73 Å². The molecule has 1 aromatic rings. The van der Waals surface area contributed by atoms with Gasteiger partial charge in [0.15, 0.2) is 0 Å². The normalized spacial score (nSPS) is 20.7. The van der Waals surface area contributed by atoms with Crippen molar-refractivity contribution in [1.29, 1.82) is 0 Å². The van der Waals surface area contributed by atoms with Gasteiger partial charge in [-0.2, -0.15) is 0 Å². The summed E-state index contributed by atoms with van der Waals surface area (Å²) < 4.78 is 1.78. The van der Waals surface area contributed by atoms with E-state index in [1.54, 1.807) is 17.0 Å². The number of hydrogen-bond donors (Lipinski definition) is 1. The second-order valence-electron chi connectivity index (χ2n) is 7.50. The van der Waals surface area contributed by atoms with Crippen LogP contribution in [0.25, 0.3) is 0 Å². The molecule has 1 atom stereocenters. The molecule has 27 heavy (non-hydrogen) atoms. The monoisotopic (exact) mass is 375 g/mol. The van der Waals surface area contributed by atoms with Gasteiger partial charge in [0, 0.05) is 57.3 Å². The van der Waals surface area contributed by atoms with Crippen LogP contribution in [0.1, 0.15) is 56.7 Å². The summed E-state index contributed by atoms with van der Waals surface area (Å²) in [4.78, 5) is 43.9. The van der Waals surface area contributed by atoms with E-state index >= 15 is 0 Å². The van der Waals surface area contributed by atoms with E-state index in [1.165, 1.54) is 0 Å². The highest BCUT2D eigenvalue weighted by Crippen LogP contribution is 2.26. The predicted octanol–water partition coefficient (Wildman–Crippen LogP) is 0.867. The summed E-state index contributed by atoms with van der Waals surface area (Å²) in [6, 6.07) is 0. The minimum absolute atomic E-state index is 0.115. The predicted molar refractivity (Wildman–Crippen MR) is 99.6 cm³/mol. The number of likely N-dealkylation sites (tertiary alicyclic amines) is 2. The molecule has 3 rings (SSSR count). The fraction of sp³-hybridized carbons (Fsp3) is 0.684. The molecule has 0 aliphatic carbocycles. The van der Waals surface area contributed by atoms with E-state index < -0.39 is 5.91 Å². The van der Waals surface area contributed by atoms with Crippen LogP contribution in [0.4, 0.5) is 0 Å². The van der Waals surface area contributed by atoms with Crippen molar-refractivity contribution in [2.75, 3.05) is 26.2 Å². The van der Waals surface area contributed by atoms with Crippen molar-refractivity contribution in [2.24, 2.45) is 5.73 Å². The van der Waals surface area contributed by atoms with Crippen molar-refractivity contribution < 1.29 is 14.4 Å². The summed E-state index contributed by atoms with van der Waals surface area (Å²) in [5.74, 6) is 0.904. The Balaban J connectivity index is 1.50. The minimum atomic E-state index is -0.398. The standard InChI is InChI=1S/C19H29N5O3/c20-16(25)14-24-12-8-21-19(24)15-5-3-11-23(13-15)18(27)7-4-10-22-9-2-1-6-17(22)26/h8,12,15H,1-7,9-11,13-14H2,(H2,20,25)/t15-/m1/s1. The molecular formula is C19H29N5O3. The molecule has 0 spiro atoms. The zero-order valence-electron chi connectivity index (χ0n) is 15.8. The summed E-state index contributed by atoms with van der Waals surface area (Å²) >= 11 is 0. The number of carbonyl (C=O) groups is 3. The van der Waals surface area contributed by atoms with Gasteiger partial charge in [-0.15, -0.1) is 0 Å². The van der Waals surface area contributed by atoms with Gasteiger partial charge in [0.05, 0.1) is 0 Å². The number of piperidine rings is 2. The molecule has 0 unspecified atom stereocenters. The van der Waals surface area contributed by atoms with Gasteiger partial charge in [-0.05, 0) is 32.1 Å². The van der Waals surface area contributed by atoms with E-state index in [9.17, 15) is 14.4 Å². The maximum Gasteiger partial charge on any atom is 0.237 e. The number of rotatable bonds is 7. The van der Waals surface area contributed by atoms with Gasteiger partial charge in [0.2, 0.25) is 17.7 Å². The number of hydrogen-bond acceptors (Lipinski definition) is 4. The second kappa shape index (κ2) is 9.01. The van der Waals surface area contributed by atoms with Crippen LogP contribution in [0.2, 0.25) is 0 Å². The van der Waals surface area contributed by atoms with Crippen LogP contribution in [-0.4, -0.2) is 63.3 Å². The SMILES string of the molecule is NC(=O)Cn1ccnc1[C@@H]1CCCN(C(=O)CCCN2CCCCC2=O)C1. The number of aromatic nitrogens is 2. The lowest BCUT2D eigenvalue weighted by Crippen LogP contribution is -2.40. The van der Waals surface area contributed by atoms with Gasteiger partial charge >= 0.3 is 0 Å². The summed E-state index contributed by atoms with van der Waals surface area (Å²) in [6.45, 7) is 2.99. The molecule has 2 aliphatic heterocycles. The van der Waals surface area contributed by atoms with Gasteiger partial charge in [-0.25, -0.2) is 4.98 Å². The molecule has 0 aromatic carbocycles. The number of primary amides is 1. The molecule has 2 fully saturated rings. The Labute approximate surface area is 159 Å². The van der Waals surface area contributed by atoms with E-state index in [0.717, 1.165) is 44.6 Å². The number of nitrogens with two attached hydrogens (primary N) is 1. The Hall–Kier alpha value is -2.38. The van der Waals surface area contributed by atoms with Crippen molar-refractivity contribution in [3.8, 4) is 0 Å². The lowest BCUT2D eigenvalue weighted by Gasteiger charge is -2.33. The molecule has 3 amide bonds. The summed E-state index contributed by atoms with van der Waals surface area (Å²) in [5.41, 5.74) is 5.30. The lowest BCUT2D eigenvalue weighted by atomic mass is 9.96. The fourth-order valence-corrected chi connectivity index (χ4v) is 4.07. The van der Waals surface area contributed by atoms with Crippen LogP contribution >= 0.6 is 0 Å². The van der Waals surface area contributed by atoms with E-state index in [1.807, 2.05) is 9.80 Å². The Morgan fingerprint density at radius 2 is 2.07 bits per heavy atom. The Kier molecular flexibility index (Phi) is 6.47. The molecule has 2 aliphatic rings. The van der Waals surface area contributed by atoms with E-state index in [2.05, 4.69) is 4.98 Å². The van der Waals surface area contributed by atoms with Gasteiger partial charge in [0.1, 0.15) is 12.4 Å². The van der Waals surface area contributed by atoms with Gasteiger partial charge in [-0.3, -0.25) is 14.4 Å². The number of amides is 3. The van der Waals surface area contributed by atoms with Crippen molar-refractivity contribution in [1.82, 2.24) is 19.4 Å². The maximum atomic E-state index is 12.6. The van der Waals surface area contributed by atoms with Crippen molar-refractivity contribution in [3.63, 3.8) is 0 Å². The Morgan fingerprint density at radius 1 is 1.22 bits per heavy atom. The van der Waals surface area contributed by atoms with Crippen LogP contribution in [-0.2, 0) is 20.9 Å². The third-order valence-electron chi connectivity index (χ3n) is 5.45. The third-order valence-corrected chi connectivity index (χ3v) is 5.45. The molecule has 0 bridgehead atoms. The average molecular weight is 375 g/mol. The molecule has 8 heteroatoms. The molecule has 3 heterocycles. The topological polar surface area (TPSA) is 102 Å². The molecule has 148 valence electrons. The molecule has 0 saturated carbocycles. The highest BCUT2D eigenvalue weighted by Gasteiger charge is 2.27. The van der Waals surface area contributed by atoms with E-state index in [-0.39, 0.29) is 24.3 Å². The zero-order valence-corrected chi connectivity index (χ0v) is 15.8. The molecule has 1 aromatic heterocycles. The van der Waals surface area contributed by atoms with Gasteiger partial charge in [0.25, 0.3) is 0 Å². The molecular weight excluding hydrogens is 346 g/mol. The first kappa shape index (κ1) is 19.4. The smallest absolute Gasteiger partial charge is 0.237 e. The molecule has 2 N–H and O–H groups in total. The first-order valence-electron chi connectivity index (χ1n) is 9.89. The van der Waals surface area contributed by atoms with Crippen LogP contribution in [0, 0.1) is 0 Å².